The largest absolute Gasteiger partial charge is 0.312 e. The molecule has 0 spiro atoms. The monoisotopic (exact) mass is 171 g/mol. The van der Waals surface area contributed by atoms with Crippen molar-refractivity contribution in [3.8, 4) is 0 Å². The Labute approximate surface area is 77.9 Å². The molecule has 1 N–H and O–H groups in total. The molecule has 0 unspecified atom stereocenters. The molecule has 0 aliphatic heterocycles. The Balaban J connectivity index is 3.19. The van der Waals surface area contributed by atoms with E-state index >= 15 is 0 Å². The summed E-state index contributed by atoms with van der Waals surface area (Å²) in [6.07, 6.45) is 6.63. The Morgan fingerprint density at radius 2 is 1.67 bits per heavy atom. The van der Waals surface area contributed by atoms with Gasteiger partial charge in [0.2, 0.25) is 0 Å². The van der Waals surface area contributed by atoms with Crippen LogP contribution in [-0.4, -0.2) is 12.1 Å². The summed E-state index contributed by atoms with van der Waals surface area (Å²) >= 11 is 0. The number of nitrogens with one attached hydrogen (secondary N) is 1. The molecule has 1 heteroatoms. The Morgan fingerprint density at radius 1 is 1.00 bits per heavy atom. The van der Waals surface area contributed by atoms with E-state index in [0.717, 1.165) is 0 Å². The topological polar surface area (TPSA) is 12.0 Å². The van der Waals surface area contributed by atoms with Gasteiger partial charge in [0.05, 0.1) is 0 Å². The van der Waals surface area contributed by atoms with E-state index in [1.165, 1.54) is 38.6 Å². The van der Waals surface area contributed by atoms with E-state index in [1.54, 1.807) is 0 Å². The third kappa shape index (κ3) is 6.66. The van der Waals surface area contributed by atoms with Crippen LogP contribution in [0.2, 0.25) is 0 Å². The Morgan fingerprint density at radius 3 is 2.17 bits per heavy atom. The van der Waals surface area contributed by atoms with E-state index < -0.39 is 0 Å². The van der Waals surface area contributed by atoms with Crippen molar-refractivity contribution in [2.45, 2.75) is 65.3 Å². The minimum absolute atomic E-state index is 0.339. The average molecular weight is 171 g/mol. The van der Waals surface area contributed by atoms with Crippen molar-refractivity contribution in [3.63, 3.8) is 0 Å². The van der Waals surface area contributed by atoms with Crippen LogP contribution in [0.5, 0.6) is 0 Å². The molecule has 1 nitrogen and oxygen atoms in total. The van der Waals surface area contributed by atoms with Gasteiger partial charge in [-0.25, -0.2) is 0 Å². The molecule has 0 aliphatic rings. The van der Waals surface area contributed by atoms with Crippen molar-refractivity contribution >= 4 is 0 Å². The van der Waals surface area contributed by atoms with Crippen LogP contribution in [0.15, 0.2) is 0 Å². The van der Waals surface area contributed by atoms with Crippen LogP contribution in [-0.2, 0) is 0 Å². The molecule has 0 heterocycles. The zero-order valence-corrected chi connectivity index (χ0v) is 9.24. The number of rotatable bonds is 7. The third-order valence-electron chi connectivity index (χ3n) is 2.52. The fourth-order valence-electron chi connectivity index (χ4n) is 1.10. The first-order valence-corrected chi connectivity index (χ1v) is 5.37. The average Bonchev–Trinajstić information content (AvgIpc) is 2.04. The summed E-state index contributed by atoms with van der Waals surface area (Å²) in [6.45, 7) is 10.2. The van der Waals surface area contributed by atoms with Crippen molar-refractivity contribution in [1.82, 2.24) is 5.32 Å². The molecule has 74 valence electrons. The van der Waals surface area contributed by atoms with Crippen molar-refractivity contribution < 1.29 is 0 Å². The summed E-state index contributed by atoms with van der Waals surface area (Å²) in [5.41, 5.74) is 0.339. The molecule has 0 aromatic heterocycles. The molecule has 0 saturated heterocycles. The molecule has 0 fully saturated rings. The highest BCUT2D eigenvalue weighted by Gasteiger charge is 2.11. The van der Waals surface area contributed by atoms with Gasteiger partial charge >= 0.3 is 0 Å². The zero-order valence-electron chi connectivity index (χ0n) is 9.24. The van der Waals surface area contributed by atoms with Crippen LogP contribution >= 0.6 is 0 Å². The Kier molecular flexibility index (Phi) is 6.45. The normalized spacial score (nSPS) is 12.0. The Hall–Kier alpha value is -0.0400. The lowest BCUT2D eigenvalue weighted by Crippen LogP contribution is -2.38. The van der Waals surface area contributed by atoms with E-state index in [-0.39, 0.29) is 0 Å². The first kappa shape index (κ1) is 12.0. The summed E-state index contributed by atoms with van der Waals surface area (Å²) in [4.78, 5) is 0. The van der Waals surface area contributed by atoms with Gasteiger partial charge in [0.25, 0.3) is 0 Å². The second-order valence-corrected chi connectivity index (χ2v) is 4.22. The number of unbranched alkanes of at least 4 members (excludes halogenated alkanes) is 3. The van der Waals surface area contributed by atoms with Gasteiger partial charge in [-0.2, -0.15) is 0 Å². The highest BCUT2D eigenvalue weighted by molar-refractivity contribution is 4.74. The molecule has 0 aromatic rings. The van der Waals surface area contributed by atoms with Gasteiger partial charge in [0.15, 0.2) is 0 Å². The van der Waals surface area contributed by atoms with Crippen LogP contribution in [0.1, 0.15) is 59.8 Å². The number of hydrogen-bond acceptors (Lipinski definition) is 1. The second kappa shape index (κ2) is 6.47. The van der Waals surface area contributed by atoms with Crippen LogP contribution in [0.3, 0.4) is 0 Å². The molecule has 0 radical (unpaired) electrons. The standard InChI is InChI=1S/C11H25N/c1-5-7-8-9-10-12-11(3,4)6-2/h12H,5-10H2,1-4H3. The minimum Gasteiger partial charge on any atom is -0.312 e. The highest BCUT2D eigenvalue weighted by Crippen LogP contribution is 2.07. The van der Waals surface area contributed by atoms with E-state index in [4.69, 9.17) is 0 Å². The second-order valence-electron chi connectivity index (χ2n) is 4.22. The molecule has 0 aromatic carbocycles. The molecule has 0 amide bonds. The van der Waals surface area contributed by atoms with E-state index in [9.17, 15) is 0 Å². The smallest absolute Gasteiger partial charge is 0.0122 e. The van der Waals surface area contributed by atoms with Crippen molar-refractivity contribution in [2.75, 3.05) is 6.54 Å². The first-order chi connectivity index (χ1) is 5.62. The summed E-state index contributed by atoms with van der Waals surface area (Å²) < 4.78 is 0. The third-order valence-corrected chi connectivity index (χ3v) is 2.52. The maximum absolute atomic E-state index is 3.57. The van der Waals surface area contributed by atoms with Gasteiger partial charge in [-0.3, -0.25) is 0 Å². The van der Waals surface area contributed by atoms with E-state index in [0.29, 0.717) is 5.54 Å². The predicted octanol–water partition coefficient (Wildman–Crippen LogP) is 3.34. The van der Waals surface area contributed by atoms with E-state index in [1.807, 2.05) is 0 Å². The molecular weight excluding hydrogens is 146 g/mol. The summed E-state index contributed by atoms with van der Waals surface area (Å²) in [7, 11) is 0. The zero-order chi connectivity index (χ0) is 9.45. The minimum atomic E-state index is 0.339. The fourth-order valence-corrected chi connectivity index (χ4v) is 1.10. The maximum atomic E-state index is 3.57. The SMILES string of the molecule is CCCCCCNC(C)(C)CC. The molecule has 0 atom stereocenters. The molecule has 12 heavy (non-hydrogen) atoms. The first-order valence-electron chi connectivity index (χ1n) is 5.37. The van der Waals surface area contributed by atoms with Crippen LogP contribution in [0.25, 0.3) is 0 Å². The molecule has 0 rings (SSSR count). The lowest BCUT2D eigenvalue weighted by Gasteiger charge is -2.24. The van der Waals surface area contributed by atoms with Gasteiger partial charge in [-0.05, 0) is 33.2 Å². The highest BCUT2D eigenvalue weighted by atomic mass is 14.9. The van der Waals surface area contributed by atoms with Gasteiger partial charge in [0.1, 0.15) is 0 Å². The lowest BCUT2D eigenvalue weighted by molar-refractivity contribution is 0.371. The molecule has 0 saturated carbocycles. The summed E-state index contributed by atoms with van der Waals surface area (Å²) in [6, 6.07) is 0. The molecule has 0 bridgehead atoms. The van der Waals surface area contributed by atoms with Crippen LogP contribution in [0, 0.1) is 0 Å². The van der Waals surface area contributed by atoms with Gasteiger partial charge in [-0.1, -0.05) is 33.1 Å². The summed E-state index contributed by atoms with van der Waals surface area (Å²) in [5, 5.41) is 3.57. The molecular formula is C11H25N. The Bertz CT molecular complexity index is 97.2. The van der Waals surface area contributed by atoms with Gasteiger partial charge in [-0.15, -0.1) is 0 Å². The van der Waals surface area contributed by atoms with Crippen molar-refractivity contribution in [3.05, 3.63) is 0 Å². The molecule has 0 aliphatic carbocycles. The lowest BCUT2D eigenvalue weighted by atomic mass is 10.0. The van der Waals surface area contributed by atoms with Crippen LogP contribution in [0.4, 0.5) is 0 Å². The van der Waals surface area contributed by atoms with Gasteiger partial charge < -0.3 is 5.32 Å². The number of hydrogen-bond donors (Lipinski definition) is 1. The quantitative estimate of drug-likeness (QED) is 0.579. The van der Waals surface area contributed by atoms with Gasteiger partial charge in [0, 0.05) is 5.54 Å². The summed E-state index contributed by atoms with van der Waals surface area (Å²) in [5.74, 6) is 0. The van der Waals surface area contributed by atoms with Crippen molar-refractivity contribution in [2.24, 2.45) is 0 Å². The fraction of sp³-hybridized carbons (Fsp3) is 1.00. The van der Waals surface area contributed by atoms with E-state index in [2.05, 4.69) is 33.0 Å². The van der Waals surface area contributed by atoms with Crippen LogP contribution < -0.4 is 5.32 Å². The van der Waals surface area contributed by atoms with Crippen molar-refractivity contribution in [1.29, 1.82) is 0 Å². The maximum Gasteiger partial charge on any atom is 0.0122 e. The predicted molar refractivity (Wildman–Crippen MR) is 56.5 cm³/mol.